The standard InChI is InChI=1S/C24H24Cl2N4O2/c1-2-17-3-6-19(7-4-17)32-16-24(31)30-13-11-29(12-14-30)23-10-9-22(27-28-23)20-8-5-18(25)15-21(20)26/h3-10,15H,2,11-14,16H2,1H3. The average Bonchev–Trinajstić information content (AvgIpc) is 2.83. The van der Waals surface area contributed by atoms with Crippen molar-refractivity contribution in [2.75, 3.05) is 37.7 Å². The summed E-state index contributed by atoms with van der Waals surface area (Å²) in [5.41, 5.74) is 2.72. The van der Waals surface area contributed by atoms with E-state index >= 15 is 0 Å². The van der Waals surface area contributed by atoms with Gasteiger partial charge < -0.3 is 14.5 Å². The predicted molar refractivity (Wildman–Crippen MR) is 128 cm³/mol. The van der Waals surface area contributed by atoms with E-state index in [4.69, 9.17) is 27.9 Å². The maximum atomic E-state index is 12.5. The normalized spacial score (nSPS) is 13.8. The van der Waals surface area contributed by atoms with Crippen LogP contribution in [-0.2, 0) is 11.2 Å². The van der Waals surface area contributed by atoms with Gasteiger partial charge in [-0.1, -0.05) is 42.3 Å². The summed E-state index contributed by atoms with van der Waals surface area (Å²) in [6, 6.07) is 17.0. The summed E-state index contributed by atoms with van der Waals surface area (Å²) in [4.78, 5) is 16.5. The van der Waals surface area contributed by atoms with Gasteiger partial charge in [-0.2, -0.15) is 0 Å². The minimum Gasteiger partial charge on any atom is -0.484 e. The Morgan fingerprint density at radius 1 is 0.969 bits per heavy atom. The van der Waals surface area contributed by atoms with Crippen LogP contribution in [0.4, 0.5) is 5.82 Å². The third-order valence-corrected chi connectivity index (χ3v) is 6.06. The molecule has 6 nitrogen and oxygen atoms in total. The number of hydrogen-bond donors (Lipinski definition) is 0. The highest BCUT2D eigenvalue weighted by Gasteiger charge is 2.22. The summed E-state index contributed by atoms with van der Waals surface area (Å²) >= 11 is 12.2. The van der Waals surface area contributed by atoms with Crippen molar-refractivity contribution in [3.63, 3.8) is 0 Å². The molecule has 1 aliphatic rings. The van der Waals surface area contributed by atoms with Crippen LogP contribution in [0, 0.1) is 0 Å². The largest absolute Gasteiger partial charge is 0.484 e. The van der Waals surface area contributed by atoms with Crippen molar-refractivity contribution >= 4 is 34.9 Å². The van der Waals surface area contributed by atoms with Gasteiger partial charge in [-0.05, 0) is 54.4 Å². The van der Waals surface area contributed by atoms with E-state index in [-0.39, 0.29) is 12.5 Å². The lowest BCUT2D eigenvalue weighted by Crippen LogP contribution is -2.50. The number of amides is 1. The van der Waals surface area contributed by atoms with Crippen molar-refractivity contribution < 1.29 is 9.53 Å². The molecule has 0 aliphatic carbocycles. The summed E-state index contributed by atoms with van der Waals surface area (Å²) in [7, 11) is 0. The van der Waals surface area contributed by atoms with Crippen molar-refractivity contribution in [1.29, 1.82) is 0 Å². The third kappa shape index (κ3) is 5.31. The van der Waals surface area contributed by atoms with E-state index in [2.05, 4.69) is 22.0 Å². The first-order chi connectivity index (χ1) is 15.5. The number of ether oxygens (including phenoxy) is 1. The molecule has 166 valence electrons. The molecule has 3 aromatic rings. The van der Waals surface area contributed by atoms with Crippen LogP contribution in [0.5, 0.6) is 5.75 Å². The smallest absolute Gasteiger partial charge is 0.260 e. The van der Waals surface area contributed by atoms with Crippen LogP contribution >= 0.6 is 23.2 Å². The second-order valence-electron chi connectivity index (χ2n) is 7.55. The van der Waals surface area contributed by atoms with E-state index < -0.39 is 0 Å². The van der Waals surface area contributed by atoms with E-state index in [1.807, 2.05) is 47.4 Å². The molecular formula is C24H24Cl2N4O2. The van der Waals surface area contributed by atoms with Crippen molar-refractivity contribution in [3.8, 4) is 17.0 Å². The number of benzene rings is 2. The number of piperazine rings is 1. The average molecular weight is 471 g/mol. The predicted octanol–water partition coefficient (Wildman–Crippen LogP) is 4.74. The quantitative estimate of drug-likeness (QED) is 0.520. The Kier molecular flexibility index (Phi) is 7.12. The molecule has 1 aliphatic heterocycles. The minimum atomic E-state index is -0.0111. The van der Waals surface area contributed by atoms with Crippen LogP contribution in [0.1, 0.15) is 12.5 Å². The number of nitrogens with zero attached hydrogens (tertiary/aromatic N) is 4. The second-order valence-corrected chi connectivity index (χ2v) is 8.40. The fourth-order valence-electron chi connectivity index (χ4n) is 3.58. The number of halogens is 2. The zero-order valence-corrected chi connectivity index (χ0v) is 19.3. The first kappa shape index (κ1) is 22.4. The lowest BCUT2D eigenvalue weighted by atomic mass is 10.1. The molecule has 2 heterocycles. The van der Waals surface area contributed by atoms with E-state index in [0.717, 1.165) is 17.8 Å². The van der Waals surface area contributed by atoms with Crippen LogP contribution in [0.25, 0.3) is 11.3 Å². The summed E-state index contributed by atoms with van der Waals surface area (Å²) in [6.07, 6.45) is 0.978. The van der Waals surface area contributed by atoms with Crippen molar-refractivity contribution in [2.24, 2.45) is 0 Å². The van der Waals surface area contributed by atoms with Gasteiger partial charge in [-0.3, -0.25) is 4.79 Å². The van der Waals surface area contributed by atoms with Crippen molar-refractivity contribution in [1.82, 2.24) is 15.1 Å². The topological polar surface area (TPSA) is 58.6 Å². The Hall–Kier alpha value is -2.83. The summed E-state index contributed by atoms with van der Waals surface area (Å²) in [5.74, 6) is 1.48. The molecule has 8 heteroatoms. The Morgan fingerprint density at radius 2 is 1.72 bits per heavy atom. The number of anilines is 1. The Labute approximate surface area is 197 Å². The molecule has 32 heavy (non-hydrogen) atoms. The zero-order chi connectivity index (χ0) is 22.5. The number of aromatic nitrogens is 2. The van der Waals surface area contributed by atoms with Crippen LogP contribution in [0.15, 0.2) is 54.6 Å². The molecule has 2 aromatic carbocycles. The lowest BCUT2D eigenvalue weighted by molar-refractivity contribution is -0.133. The maximum absolute atomic E-state index is 12.5. The van der Waals surface area contributed by atoms with Gasteiger partial charge in [0.25, 0.3) is 5.91 Å². The zero-order valence-electron chi connectivity index (χ0n) is 17.8. The molecule has 0 bridgehead atoms. The lowest BCUT2D eigenvalue weighted by Gasteiger charge is -2.35. The number of hydrogen-bond acceptors (Lipinski definition) is 5. The highest BCUT2D eigenvalue weighted by atomic mass is 35.5. The number of carbonyl (C=O) groups is 1. The summed E-state index contributed by atoms with van der Waals surface area (Å²) < 4.78 is 5.66. The molecule has 4 rings (SSSR count). The van der Waals surface area contributed by atoms with E-state index in [9.17, 15) is 4.79 Å². The molecule has 0 spiro atoms. The van der Waals surface area contributed by atoms with Crippen LogP contribution in [-0.4, -0.2) is 53.8 Å². The molecule has 1 fully saturated rings. The molecule has 1 amide bonds. The fraction of sp³-hybridized carbons (Fsp3) is 0.292. The Bertz CT molecular complexity index is 1070. The molecule has 0 radical (unpaired) electrons. The van der Waals surface area contributed by atoms with Gasteiger partial charge in [0.2, 0.25) is 0 Å². The van der Waals surface area contributed by atoms with Gasteiger partial charge in [0.1, 0.15) is 5.75 Å². The Morgan fingerprint density at radius 3 is 2.34 bits per heavy atom. The Balaban J connectivity index is 1.29. The van der Waals surface area contributed by atoms with Crippen LogP contribution in [0.2, 0.25) is 10.0 Å². The van der Waals surface area contributed by atoms with Crippen molar-refractivity contribution in [3.05, 3.63) is 70.2 Å². The van der Waals surface area contributed by atoms with Crippen molar-refractivity contribution in [2.45, 2.75) is 13.3 Å². The molecule has 0 unspecified atom stereocenters. The van der Waals surface area contributed by atoms with Gasteiger partial charge in [-0.15, -0.1) is 10.2 Å². The minimum absolute atomic E-state index is 0.0111. The third-order valence-electron chi connectivity index (χ3n) is 5.51. The fourth-order valence-corrected chi connectivity index (χ4v) is 4.08. The van der Waals surface area contributed by atoms with E-state index in [1.54, 1.807) is 12.1 Å². The van der Waals surface area contributed by atoms with Crippen LogP contribution in [0.3, 0.4) is 0 Å². The monoisotopic (exact) mass is 470 g/mol. The van der Waals surface area contributed by atoms with Gasteiger partial charge in [-0.25, -0.2) is 0 Å². The van der Waals surface area contributed by atoms with Crippen LogP contribution < -0.4 is 9.64 Å². The first-order valence-corrected chi connectivity index (χ1v) is 11.3. The molecule has 0 N–H and O–H groups in total. The molecule has 0 atom stereocenters. The number of carbonyl (C=O) groups excluding carboxylic acids is 1. The molecule has 0 saturated carbocycles. The summed E-state index contributed by atoms with van der Waals surface area (Å²) in [5, 5.41) is 9.80. The van der Waals surface area contributed by atoms with E-state index in [1.165, 1.54) is 5.56 Å². The summed E-state index contributed by atoms with van der Waals surface area (Å²) in [6.45, 7) is 4.75. The van der Waals surface area contributed by atoms with Gasteiger partial charge in [0, 0.05) is 36.8 Å². The highest BCUT2D eigenvalue weighted by molar-refractivity contribution is 6.36. The second kappa shape index (κ2) is 10.2. The molecule has 1 saturated heterocycles. The molecule has 1 aromatic heterocycles. The SMILES string of the molecule is CCc1ccc(OCC(=O)N2CCN(c3ccc(-c4ccc(Cl)cc4Cl)nn3)CC2)cc1. The van der Waals surface area contributed by atoms with E-state index in [0.29, 0.717) is 47.7 Å². The molecular weight excluding hydrogens is 447 g/mol. The first-order valence-electron chi connectivity index (χ1n) is 10.6. The maximum Gasteiger partial charge on any atom is 0.260 e. The van der Waals surface area contributed by atoms with Gasteiger partial charge in [0.15, 0.2) is 12.4 Å². The highest BCUT2D eigenvalue weighted by Crippen LogP contribution is 2.29. The number of aryl methyl sites for hydroxylation is 1. The van der Waals surface area contributed by atoms with Gasteiger partial charge in [0.05, 0.1) is 10.7 Å². The number of rotatable bonds is 6. The van der Waals surface area contributed by atoms with Gasteiger partial charge >= 0.3 is 0 Å².